The fourth-order valence-electron chi connectivity index (χ4n) is 8.41. The van der Waals surface area contributed by atoms with E-state index >= 15 is 0 Å². The van der Waals surface area contributed by atoms with E-state index in [4.69, 9.17) is 43.4 Å². The van der Waals surface area contributed by atoms with Gasteiger partial charge >= 0.3 is 12.1 Å². The Morgan fingerprint density at radius 3 is 1.96 bits per heavy atom. The van der Waals surface area contributed by atoms with Gasteiger partial charge in [0.25, 0.3) is 0 Å². The van der Waals surface area contributed by atoms with Crippen LogP contribution >= 0.6 is 0 Å². The van der Waals surface area contributed by atoms with Gasteiger partial charge in [0.1, 0.15) is 29.7 Å². The van der Waals surface area contributed by atoms with Crippen LogP contribution < -0.4 is 0 Å². The largest absolute Gasteiger partial charge is 0.503 e. The van der Waals surface area contributed by atoms with Gasteiger partial charge in [0, 0.05) is 37.3 Å². The summed E-state index contributed by atoms with van der Waals surface area (Å²) in [6, 6.07) is -0.324. The molecule has 0 bridgehead atoms. The highest BCUT2D eigenvalue weighted by Gasteiger charge is 2.53. The second kappa shape index (κ2) is 19.6. The number of aliphatic hydroxyl groups is 5. The minimum absolute atomic E-state index is 0.0936. The number of esters is 1. The van der Waals surface area contributed by atoms with Gasteiger partial charge in [0.05, 0.1) is 47.6 Å². The van der Waals surface area contributed by atoms with E-state index in [2.05, 4.69) is 0 Å². The zero-order valence-electron chi connectivity index (χ0n) is 34.7. The number of hydrogen-bond donors (Lipinski definition) is 7. The molecule has 0 spiro atoms. The van der Waals surface area contributed by atoms with Crippen molar-refractivity contribution in [3.05, 3.63) is 0 Å². The van der Waals surface area contributed by atoms with Gasteiger partial charge in [-0.3, -0.25) is 9.59 Å². The molecule has 0 aromatic heterocycles. The fourth-order valence-corrected chi connectivity index (χ4v) is 8.41. The van der Waals surface area contributed by atoms with E-state index in [-0.39, 0.29) is 31.4 Å². The molecule has 0 aromatic rings. The SMILES string of the molecule is CC[C@H]1OC(=O)[C@H](C)[C@@H](O[C@H]2C[C@@](C)(OC)[C@@H](O)[C@H](C)O2)[C@H](C)[C@@H](O[C@@H]2O[C@H](C)C[C@H](N(C)C)[C@H]2O)[C@](C)(O)C[C@@H](C)C(=O)[C@H](C)[C@@H](O)[C@]1(C)O.O=C(O)O. The Hall–Kier alpha value is -2.03. The standard InChI is InChI=1S/C37H67NO13.CH2O3/c1-14-25-37(10,45)30(41)20(4)27(39)18(2)16-35(8,44)32(51-34-28(40)24(38(11)12)15-19(3)47-34)21(5)29(22(6)33(43)49-25)50-26-17-36(9,46-13)31(42)23(7)48-26;2-1(3)4/h18-26,28-32,34,40-42,44-45H,14-17H2,1-13H3;(H2,2,3,4)/t18-,19-,20+,21+,22-,23+,24+,25-,26+,28-,29+,30-,31+,32-,34+,35-,36-,37-;/m1./s1. The van der Waals surface area contributed by atoms with Crippen LogP contribution in [0.2, 0.25) is 0 Å². The first-order chi connectivity index (χ1) is 25.2. The monoisotopic (exact) mass is 795 g/mol. The minimum atomic E-state index is -1.99. The first-order valence-electron chi connectivity index (χ1n) is 19.1. The molecule has 0 saturated carbocycles. The van der Waals surface area contributed by atoms with Crippen molar-refractivity contribution < 1.29 is 78.6 Å². The number of methoxy groups -OCH3 is 1. The number of rotatable bonds is 7. The van der Waals surface area contributed by atoms with E-state index < -0.39 is 114 Å². The second-order valence-corrected chi connectivity index (χ2v) is 16.8. The minimum Gasteiger partial charge on any atom is -0.459 e. The average molecular weight is 796 g/mol. The molecular weight excluding hydrogens is 726 g/mol. The Labute approximate surface area is 325 Å². The van der Waals surface area contributed by atoms with Crippen LogP contribution in [-0.2, 0) is 38.0 Å². The molecule has 3 aliphatic heterocycles. The van der Waals surface area contributed by atoms with Crippen LogP contribution in [0.4, 0.5) is 4.79 Å². The predicted molar refractivity (Wildman–Crippen MR) is 197 cm³/mol. The van der Waals surface area contributed by atoms with Gasteiger partial charge in [0.15, 0.2) is 12.6 Å². The maximum atomic E-state index is 14.1. The molecule has 18 atom stereocenters. The maximum Gasteiger partial charge on any atom is 0.503 e. The highest BCUT2D eigenvalue weighted by molar-refractivity contribution is 5.83. The fraction of sp³-hybridized carbons (Fsp3) is 0.921. The molecule has 17 heteroatoms. The van der Waals surface area contributed by atoms with Gasteiger partial charge in [-0.1, -0.05) is 27.7 Å². The molecule has 3 rings (SSSR count). The Bertz CT molecular complexity index is 1260. The van der Waals surface area contributed by atoms with E-state index in [9.17, 15) is 35.1 Å². The number of aliphatic hydroxyl groups excluding tert-OH is 3. The number of Topliss-reactive ketones (excluding diaryl/α,β-unsaturated/α-hetero) is 1. The smallest absolute Gasteiger partial charge is 0.459 e. The molecule has 3 heterocycles. The molecule has 0 aliphatic carbocycles. The molecule has 0 unspecified atom stereocenters. The molecule has 3 aliphatic rings. The summed E-state index contributed by atoms with van der Waals surface area (Å²) in [5.41, 5.74) is -4.84. The third-order valence-electron chi connectivity index (χ3n) is 11.8. The number of nitrogens with zero attached hydrogens (tertiary/aromatic N) is 1. The lowest BCUT2D eigenvalue weighted by atomic mass is 9.74. The number of carboxylic acid groups (broad SMARTS) is 2. The number of ketones is 1. The number of hydrogen-bond acceptors (Lipinski definition) is 15. The van der Waals surface area contributed by atoms with Gasteiger partial charge in [-0.05, 0) is 74.9 Å². The van der Waals surface area contributed by atoms with Gasteiger partial charge in [0.2, 0.25) is 0 Å². The summed E-state index contributed by atoms with van der Waals surface area (Å²) >= 11 is 0. The normalized spacial score (nSPS) is 46.6. The highest BCUT2D eigenvalue weighted by Crippen LogP contribution is 2.40. The van der Waals surface area contributed by atoms with Crippen molar-refractivity contribution in [1.82, 2.24) is 4.90 Å². The van der Waals surface area contributed by atoms with Crippen molar-refractivity contribution >= 4 is 17.9 Å². The first-order valence-corrected chi connectivity index (χ1v) is 19.1. The molecule has 0 aromatic carbocycles. The summed E-state index contributed by atoms with van der Waals surface area (Å²) in [4.78, 5) is 38.3. The summed E-state index contributed by atoms with van der Waals surface area (Å²) in [6.07, 6.45) is -11.5. The molecule has 55 heavy (non-hydrogen) atoms. The van der Waals surface area contributed by atoms with Gasteiger partial charge in [-0.2, -0.15) is 0 Å². The summed E-state index contributed by atoms with van der Waals surface area (Å²) in [6.45, 7) is 16.3. The van der Waals surface area contributed by atoms with Crippen LogP contribution in [-0.4, -0.2) is 164 Å². The van der Waals surface area contributed by atoms with E-state index in [0.717, 1.165) is 0 Å². The molecule has 17 nitrogen and oxygen atoms in total. The van der Waals surface area contributed by atoms with Crippen LogP contribution in [0.25, 0.3) is 0 Å². The summed E-state index contributed by atoms with van der Waals surface area (Å²) in [5.74, 6) is -4.98. The van der Waals surface area contributed by atoms with Crippen molar-refractivity contribution in [2.45, 2.75) is 179 Å². The van der Waals surface area contributed by atoms with Crippen molar-refractivity contribution in [3.63, 3.8) is 0 Å². The maximum absolute atomic E-state index is 14.1. The Morgan fingerprint density at radius 1 is 0.891 bits per heavy atom. The molecular formula is C38H69NO16. The molecule has 3 fully saturated rings. The lowest BCUT2D eigenvalue weighted by Gasteiger charge is -2.49. The summed E-state index contributed by atoms with van der Waals surface area (Å²) in [7, 11) is 5.18. The van der Waals surface area contributed by atoms with Crippen LogP contribution in [0.5, 0.6) is 0 Å². The number of ether oxygens (including phenoxy) is 6. The Kier molecular flexibility index (Phi) is 17.5. The molecule has 322 valence electrons. The van der Waals surface area contributed by atoms with Crippen LogP contribution in [0.1, 0.15) is 94.9 Å². The number of likely N-dealkylation sites (N-methyl/N-ethyl adjacent to an activating group) is 1. The second-order valence-electron chi connectivity index (χ2n) is 16.8. The molecule has 3 saturated heterocycles. The van der Waals surface area contributed by atoms with Gasteiger partial charge in [-0.15, -0.1) is 0 Å². The third-order valence-corrected chi connectivity index (χ3v) is 11.8. The first kappa shape index (κ1) is 49.1. The zero-order valence-corrected chi connectivity index (χ0v) is 34.7. The van der Waals surface area contributed by atoms with E-state index in [0.29, 0.717) is 6.42 Å². The number of carbonyl (C=O) groups is 3. The number of carbonyl (C=O) groups excluding carboxylic acids is 2. The average Bonchev–Trinajstić information content (AvgIpc) is 3.08. The van der Waals surface area contributed by atoms with Crippen LogP contribution in [0.15, 0.2) is 0 Å². The molecule has 0 radical (unpaired) electrons. The quantitative estimate of drug-likeness (QED) is 0.182. The molecule has 0 amide bonds. The highest BCUT2D eigenvalue weighted by atomic mass is 16.7. The summed E-state index contributed by atoms with van der Waals surface area (Å²) < 4.78 is 37.1. The van der Waals surface area contributed by atoms with Gasteiger partial charge < -0.3 is 69.1 Å². The van der Waals surface area contributed by atoms with E-state index in [1.165, 1.54) is 27.9 Å². The summed E-state index contributed by atoms with van der Waals surface area (Å²) in [5, 5.41) is 71.6. The zero-order chi connectivity index (χ0) is 42.5. The van der Waals surface area contributed by atoms with Crippen molar-refractivity contribution in [2.24, 2.45) is 23.7 Å². The lowest BCUT2D eigenvalue weighted by molar-refractivity contribution is -0.318. The van der Waals surface area contributed by atoms with Gasteiger partial charge in [-0.25, -0.2) is 4.79 Å². The third kappa shape index (κ3) is 11.8. The molecule has 7 N–H and O–H groups in total. The van der Waals surface area contributed by atoms with Crippen molar-refractivity contribution in [1.29, 1.82) is 0 Å². The van der Waals surface area contributed by atoms with Crippen molar-refractivity contribution in [3.8, 4) is 0 Å². The predicted octanol–water partition coefficient (Wildman–Crippen LogP) is 2.01. The Morgan fingerprint density at radius 2 is 1.45 bits per heavy atom. The van der Waals surface area contributed by atoms with E-state index in [1.54, 1.807) is 41.5 Å². The van der Waals surface area contributed by atoms with Crippen LogP contribution in [0.3, 0.4) is 0 Å². The lowest BCUT2D eigenvalue weighted by Crippen LogP contribution is -2.61. The van der Waals surface area contributed by atoms with Crippen molar-refractivity contribution in [2.75, 3.05) is 21.2 Å². The topological polar surface area (TPSA) is 251 Å². The van der Waals surface area contributed by atoms with Crippen LogP contribution in [0, 0.1) is 23.7 Å². The number of cyclic esters (lactones) is 1. The Balaban J connectivity index is 0.00000248. The van der Waals surface area contributed by atoms with E-state index in [1.807, 2.05) is 25.9 Å².